The van der Waals surface area contributed by atoms with Crippen LogP contribution in [0.15, 0.2) is 59.6 Å². The average molecular weight is 267 g/mol. The van der Waals surface area contributed by atoms with E-state index >= 15 is 0 Å². The Hall–Kier alpha value is -2.09. The van der Waals surface area contributed by atoms with Crippen molar-refractivity contribution in [3.63, 3.8) is 0 Å². The molecule has 0 spiro atoms. The van der Waals surface area contributed by atoms with Gasteiger partial charge >= 0.3 is 0 Å². The molecule has 104 valence electrons. The molecule has 2 nitrogen and oxygen atoms in total. The summed E-state index contributed by atoms with van der Waals surface area (Å²) in [6.45, 7) is 4.39. The van der Waals surface area contributed by atoms with Crippen molar-refractivity contribution in [3.8, 4) is 5.75 Å². The third-order valence-electron chi connectivity index (χ3n) is 3.27. The highest BCUT2D eigenvalue weighted by Crippen LogP contribution is 2.25. The first-order chi connectivity index (χ1) is 9.70. The zero-order valence-corrected chi connectivity index (χ0v) is 12.3. The molecule has 2 heteroatoms. The molecule has 2 rings (SSSR count). The predicted octanol–water partition coefficient (Wildman–Crippen LogP) is 4.51. The molecule has 0 N–H and O–H groups in total. The van der Waals surface area contributed by atoms with E-state index < -0.39 is 0 Å². The number of hydrogen-bond donors (Lipinski definition) is 0. The van der Waals surface area contributed by atoms with Crippen molar-refractivity contribution in [3.05, 3.63) is 65.7 Å². The predicted molar refractivity (Wildman–Crippen MR) is 84.6 cm³/mol. The molecule has 0 fully saturated rings. The highest BCUT2D eigenvalue weighted by molar-refractivity contribution is 5.80. The van der Waals surface area contributed by atoms with Crippen LogP contribution in [0.2, 0.25) is 0 Å². The summed E-state index contributed by atoms with van der Waals surface area (Å²) >= 11 is 0. The molecule has 1 atom stereocenters. The Kier molecular flexibility index (Phi) is 4.94. The van der Waals surface area contributed by atoms with Gasteiger partial charge < -0.3 is 4.74 Å². The molecule has 0 aliphatic rings. The Morgan fingerprint density at radius 3 is 2.15 bits per heavy atom. The minimum atomic E-state index is 0.193. The second-order valence-corrected chi connectivity index (χ2v) is 5.15. The van der Waals surface area contributed by atoms with Gasteiger partial charge in [-0.3, -0.25) is 4.99 Å². The number of ether oxygens (including phenoxy) is 1. The molecule has 0 saturated carbocycles. The van der Waals surface area contributed by atoms with E-state index in [4.69, 9.17) is 9.73 Å². The van der Waals surface area contributed by atoms with Gasteiger partial charge in [0.1, 0.15) is 5.75 Å². The zero-order chi connectivity index (χ0) is 14.4. The van der Waals surface area contributed by atoms with Gasteiger partial charge in [0.15, 0.2) is 0 Å². The third-order valence-corrected chi connectivity index (χ3v) is 3.27. The fourth-order valence-corrected chi connectivity index (χ4v) is 2.15. The van der Waals surface area contributed by atoms with Gasteiger partial charge in [-0.2, -0.15) is 0 Å². The van der Waals surface area contributed by atoms with Crippen LogP contribution in [0.25, 0.3) is 0 Å². The summed E-state index contributed by atoms with van der Waals surface area (Å²) < 4.78 is 5.16. The Labute approximate surface area is 121 Å². The van der Waals surface area contributed by atoms with Crippen molar-refractivity contribution in [2.45, 2.75) is 19.9 Å². The molecule has 2 aromatic rings. The second-order valence-electron chi connectivity index (χ2n) is 5.15. The van der Waals surface area contributed by atoms with Crippen LogP contribution in [-0.2, 0) is 0 Å². The Morgan fingerprint density at radius 2 is 1.60 bits per heavy atom. The van der Waals surface area contributed by atoms with Crippen molar-refractivity contribution in [2.75, 3.05) is 7.11 Å². The summed E-state index contributed by atoms with van der Waals surface area (Å²) in [4.78, 5) is 4.75. The molecule has 0 aliphatic heterocycles. The van der Waals surface area contributed by atoms with Gasteiger partial charge in [0, 0.05) is 6.21 Å². The van der Waals surface area contributed by atoms with Crippen LogP contribution in [0.1, 0.15) is 31.0 Å². The minimum absolute atomic E-state index is 0.193. The van der Waals surface area contributed by atoms with Crippen LogP contribution >= 0.6 is 0 Å². The van der Waals surface area contributed by atoms with Crippen molar-refractivity contribution < 1.29 is 4.74 Å². The number of benzene rings is 2. The fourth-order valence-electron chi connectivity index (χ4n) is 2.15. The lowest BCUT2D eigenvalue weighted by molar-refractivity contribution is 0.415. The fraction of sp³-hybridized carbons (Fsp3) is 0.278. The first-order valence-corrected chi connectivity index (χ1v) is 6.93. The van der Waals surface area contributed by atoms with E-state index in [-0.39, 0.29) is 6.04 Å². The standard InChI is InChI=1S/C18H21NO/c1-14(2)18(16-7-5-4-6-8-16)19-13-15-9-11-17(20-3)12-10-15/h4-14,18H,1-3H3/t18-/m0/s1. The quantitative estimate of drug-likeness (QED) is 0.730. The lowest BCUT2D eigenvalue weighted by Gasteiger charge is -2.16. The van der Waals surface area contributed by atoms with Crippen LogP contribution in [0, 0.1) is 5.92 Å². The molecular weight excluding hydrogens is 246 g/mol. The molecule has 0 radical (unpaired) electrons. The van der Waals surface area contributed by atoms with Crippen LogP contribution in [0.4, 0.5) is 0 Å². The van der Waals surface area contributed by atoms with Gasteiger partial charge in [0.05, 0.1) is 13.2 Å². The summed E-state index contributed by atoms with van der Waals surface area (Å²) in [5, 5.41) is 0. The van der Waals surface area contributed by atoms with Crippen LogP contribution in [0.3, 0.4) is 0 Å². The van der Waals surface area contributed by atoms with E-state index in [0.717, 1.165) is 11.3 Å². The summed E-state index contributed by atoms with van der Waals surface area (Å²) in [5.74, 6) is 1.33. The maximum Gasteiger partial charge on any atom is 0.118 e. The largest absolute Gasteiger partial charge is 0.497 e. The third kappa shape index (κ3) is 3.70. The number of methoxy groups -OCH3 is 1. The van der Waals surface area contributed by atoms with E-state index in [0.29, 0.717) is 5.92 Å². The van der Waals surface area contributed by atoms with Gasteiger partial charge in [0.25, 0.3) is 0 Å². The highest BCUT2D eigenvalue weighted by atomic mass is 16.5. The smallest absolute Gasteiger partial charge is 0.118 e. The summed E-state index contributed by atoms with van der Waals surface area (Å²) in [5.41, 5.74) is 2.35. The molecule has 0 amide bonds. The molecule has 0 aromatic heterocycles. The molecule has 0 saturated heterocycles. The molecular formula is C18H21NO. The lowest BCUT2D eigenvalue weighted by Crippen LogP contribution is -2.04. The van der Waals surface area contributed by atoms with Gasteiger partial charge in [-0.05, 0) is 41.3 Å². The molecule has 0 bridgehead atoms. The maximum absolute atomic E-state index is 5.16. The number of hydrogen-bond acceptors (Lipinski definition) is 2. The maximum atomic E-state index is 5.16. The topological polar surface area (TPSA) is 21.6 Å². The Bertz CT molecular complexity index is 543. The molecule has 0 heterocycles. The summed E-state index contributed by atoms with van der Waals surface area (Å²) in [7, 11) is 1.67. The normalized spacial score (nSPS) is 12.8. The van der Waals surface area contributed by atoms with Gasteiger partial charge in [0.2, 0.25) is 0 Å². The van der Waals surface area contributed by atoms with Gasteiger partial charge in [-0.25, -0.2) is 0 Å². The van der Waals surface area contributed by atoms with Crippen LogP contribution in [-0.4, -0.2) is 13.3 Å². The average Bonchev–Trinajstić information content (AvgIpc) is 2.49. The van der Waals surface area contributed by atoms with E-state index in [9.17, 15) is 0 Å². The van der Waals surface area contributed by atoms with Crippen molar-refractivity contribution in [1.82, 2.24) is 0 Å². The van der Waals surface area contributed by atoms with E-state index in [1.54, 1.807) is 7.11 Å². The van der Waals surface area contributed by atoms with E-state index in [2.05, 4.69) is 38.1 Å². The SMILES string of the molecule is COc1ccc(C=N[C@H](c2ccccc2)C(C)C)cc1. The molecule has 20 heavy (non-hydrogen) atoms. The van der Waals surface area contributed by atoms with Crippen LogP contribution < -0.4 is 4.74 Å². The molecule has 0 aliphatic carbocycles. The summed E-state index contributed by atoms with van der Waals surface area (Å²) in [6, 6.07) is 18.6. The zero-order valence-electron chi connectivity index (χ0n) is 12.3. The Morgan fingerprint density at radius 1 is 0.950 bits per heavy atom. The molecule has 0 unspecified atom stereocenters. The summed E-state index contributed by atoms with van der Waals surface area (Å²) in [6.07, 6.45) is 1.94. The first-order valence-electron chi connectivity index (χ1n) is 6.93. The first kappa shape index (κ1) is 14.3. The van der Waals surface area contributed by atoms with E-state index in [1.165, 1.54) is 5.56 Å². The van der Waals surface area contributed by atoms with Crippen molar-refractivity contribution in [1.29, 1.82) is 0 Å². The Balaban J connectivity index is 2.17. The van der Waals surface area contributed by atoms with Crippen molar-refractivity contribution in [2.24, 2.45) is 10.9 Å². The van der Waals surface area contributed by atoms with Crippen molar-refractivity contribution >= 4 is 6.21 Å². The van der Waals surface area contributed by atoms with Gasteiger partial charge in [-0.15, -0.1) is 0 Å². The molecule has 2 aromatic carbocycles. The lowest BCUT2D eigenvalue weighted by atomic mass is 9.97. The second kappa shape index (κ2) is 6.90. The monoisotopic (exact) mass is 267 g/mol. The van der Waals surface area contributed by atoms with E-state index in [1.807, 2.05) is 36.5 Å². The number of aliphatic imine (C=N–C) groups is 1. The van der Waals surface area contributed by atoms with Crippen LogP contribution in [0.5, 0.6) is 5.75 Å². The number of rotatable bonds is 5. The highest BCUT2D eigenvalue weighted by Gasteiger charge is 2.13. The van der Waals surface area contributed by atoms with Gasteiger partial charge in [-0.1, -0.05) is 44.2 Å². The minimum Gasteiger partial charge on any atom is -0.497 e. The number of nitrogens with zero attached hydrogens (tertiary/aromatic N) is 1.